The van der Waals surface area contributed by atoms with Crippen molar-refractivity contribution in [2.75, 3.05) is 6.54 Å². The van der Waals surface area contributed by atoms with Crippen molar-refractivity contribution in [2.24, 2.45) is 12.0 Å². The molecule has 0 fully saturated rings. The molecule has 0 aliphatic carbocycles. The molecule has 0 spiro atoms. The lowest BCUT2D eigenvalue weighted by Gasteiger charge is -2.23. The molecule has 0 saturated carbocycles. The number of hydrogen-bond acceptors (Lipinski definition) is 4. The molecule has 7 nitrogen and oxygen atoms in total. The van der Waals surface area contributed by atoms with Crippen LogP contribution in [0.2, 0.25) is 0 Å². The summed E-state index contributed by atoms with van der Waals surface area (Å²) in [5.41, 5.74) is 1.99. The van der Waals surface area contributed by atoms with Gasteiger partial charge in [-0.15, -0.1) is 10.2 Å². The van der Waals surface area contributed by atoms with E-state index in [-0.39, 0.29) is 5.60 Å². The molecule has 0 amide bonds. The van der Waals surface area contributed by atoms with Gasteiger partial charge in [-0.1, -0.05) is 25.5 Å². The third-order valence-corrected chi connectivity index (χ3v) is 4.47. The van der Waals surface area contributed by atoms with E-state index in [2.05, 4.69) is 73.6 Å². The summed E-state index contributed by atoms with van der Waals surface area (Å²) in [5.74, 6) is 3.42. The summed E-state index contributed by atoms with van der Waals surface area (Å²) in [7, 11) is 1.97. The molecule has 0 aliphatic rings. The fraction of sp³-hybridized carbons (Fsp3) is 0.591. The van der Waals surface area contributed by atoms with Crippen molar-refractivity contribution in [2.45, 2.75) is 73.1 Å². The highest BCUT2D eigenvalue weighted by atomic mass is 16.5. The van der Waals surface area contributed by atoms with Crippen LogP contribution in [-0.2, 0) is 20.1 Å². The third-order valence-electron chi connectivity index (χ3n) is 4.47. The SMILES string of the molecule is CCCCNC(=NCc1ccc(C)cc1OC(C)(C)C)NCc1nnc(C)n1C. The van der Waals surface area contributed by atoms with E-state index in [1.54, 1.807) is 0 Å². The van der Waals surface area contributed by atoms with Gasteiger partial charge in [-0.05, 0) is 52.7 Å². The fourth-order valence-corrected chi connectivity index (χ4v) is 2.71. The maximum Gasteiger partial charge on any atom is 0.191 e. The predicted molar refractivity (Wildman–Crippen MR) is 118 cm³/mol. The number of aliphatic imine (C=N–C) groups is 1. The van der Waals surface area contributed by atoms with Crippen molar-refractivity contribution in [3.8, 4) is 5.75 Å². The van der Waals surface area contributed by atoms with Gasteiger partial charge in [0, 0.05) is 19.2 Å². The van der Waals surface area contributed by atoms with Crippen molar-refractivity contribution >= 4 is 5.96 Å². The van der Waals surface area contributed by atoms with Crippen molar-refractivity contribution in [1.29, 1.82) is 0 Å². The molecule has 0 aliphatic heterocycles. The van der Waals surface area contributed by atoms with Crippen molar-refractivity contribution < 1.29 is 4.74 Å². The van der Waals surface area contributed by atoms with E-state index < -0.39 is 0 Å². The minimum absolute atomic E-state index is 0.254. The van der Waals surface area contributed by atoms with Gasteiger partial charge in [-0.3, -0.25) is 0 Å². The van der Waals surface area contributed by atoms with E-state index in [1.807, 2.05) is 18.5 Å². The molecule has 1 heterocycles. The second kappa shape index (κ2) is 10.3. The molecule has 0 unspecified atom stereocenters. The normalized spacial score (nSPS) is 12.2. The van der Waals surface area contributed by atoms with Crippen LogP contribution in [0, 0.1) is 13.8 Å². The van der Waals surface area contributed by atoms with Gasteiger partial charge in [0.2, 0.25) is 0 Å². The molecule has 160 valence electrons. The minimum Gasteiger partial charge on any atom is -0.488 e. The van der Waals surface area contributed by atoms with Gasteiger partial charge in [0.1, 0.15) is 17.2 Å². The number of benzene rings is 1. The Morgan fingerprint density at radius 3 is 2.55 bits per heavy atom. The summed E-state index contributed by atoms with van der Waals surface area (Å²) in [4.78, 5) is 4.79. The van der Waals surface area contributed by atoms with Crippen LogP contribution in [0.5, 0.6) is 5.75 Å². The van der Waals surface area contributed by atoms with E-state index in [9.17, 15) is 0 Å². The van der Waals surface area contributed by atoms with Crippen molar-refractivity contribution in [3.63, 3.8) is 0 Å². The Kier molecular flexibility index (Phi) is 8.05. The smallest absolute Gasteiger partial charge is 0.191 e. The molecule has 29 heavy (non-hydrogen) atoms. The first kappa shape index (κ1) is 22.7. The summed E-state index contributed by atoms with van der Waals surface area (Å²) < 4.78 is 8.14. The van der Waals surface area contributed by atoms with Crippen LogP contribution in [0.3, 0.4) is 0 Å². The summed E-state index contributed by atoms with van der Waals surface area (Å²) in [6.07, 6.45) is 2.22. The van der Waals surface area contributed by atoms with Gasteiger partial charge in [-0.25, -0.2) is 4.99 Å². The Morgan fingerprint density at radius 2 is 1.93 bits per heavy atom. The molecule has 1 aromatic carbocycles. The Bertz CT molecular complexity index is 819. The number of guanidine groups is 1. The molecule has 2 N–H and O–H groups in total. The highest BCUT2D eigenvalue weighted by Crippen LogP contribution is 2.25. The molecular formula is C22H36N6O. The quantitative estimate of drug-likeness (QED) is 0.402. The number of hydrogen-bond donors (Lipinski definition) is 2. The van der Waals surface area contributed by atoms with Crippen LogP contribution in [0.25, 0.3) is 0 Å². The first-order valence-corrected chi connectivity index (χ1v) is 10.3. The topological polar surface area (TPSA) is 76.4 Å². The molecule has 0 radical (unpaired) electrons. The fourth-order valence-electron chi connectivity index (χ4n) is 2.71. The highest BCUT2D eigenvalue weighted by Gasteiger charge is 2.15. The Morgan fingerprint density at radius 1 is 1.17 bits per heavy atom. The van der Waals surface area contributed by atoms with Gasteiger partial charge in [-0.2, -0.15) is 0 Å². The molecular weight excluding hydrogens is 364 g/mol. The van der Waals surface area contributed by atoms with Gasteiger partial charge < -0.3 is 19.9 Å². The van der Waals surface area contributed by atoms with Gasteiger partial charge in [0.05, 0.1) is 13.1 Å². The number of aryl methyl sites for hydroxylation is 2. The summed E-state index contributed by atoms with van der Waals surface area (Å²) in [6, 6.07) is 6.27. The molecule has 2 rings (SSSR count). The van der Waals surface area contributed by atoms with Crippen molar-refractivity contribution in [3.05, 3.63) is 41.0 Å². The second-order valence-corrected chi connectivity index (χ2v) is 8.35. The van der Waals surface area contributed by atoms with E-state index in [1.165, 1.54) is 5.56 Å². The molecule has 1 aromatic heterocycles. The number of nitrogens with one attached hydrogen (secondary N) is 2. The van der Waals surface area contributed by atoms with E-state index in [4.69, 9.17) is 9.73 Å². The van der Waals surface area contributed by atoms with Crippen LogP contribution in [0.4, 0.5) is 0 Å². The Balaban J connectivity index is 2.14. The van der Waals surface area contributed by atoms with Crippen LogP contribution < -0.4 is 15.4 Å². The zero-order valence-corrected chi connectivity index (χ0v) is 19.0. The number of unbranched alkanes of at least 4 members (excludes halogenated alkanes) is 1. The first-order valence-electron chi connectivity index (χ1n) is 10.3. The van der Waals surface area contributed by atoms with E-state index in [0.29, 0.717) is 13.1 Å². The maximum absolute atomic E-state index is 6.16. The molecule has 0 bridgehead atoms. The van der Waals surface area contributed by atoms with Crippen LogP contribution in [0.1, 0.15) is 63.3 Å². The van der Waals surface area contributed by atoms with Crippen molar-refractivity contribution in [1.82, 2.24) is 25.4 Å². The van der Waals surface area contributed by atoms with E-state index >= 15 is 0 Å². The zero-order valence-electron chi connectivity index (χ0n) is 19.0. The monoisotopic (exact) mass is 400 g/mol. The van der Waals surface area contributed by atoms with E-state index in [0.717, 1.165) is 48.3 Å². The standard InChI is InChI=1S/C22H36N6O/c1-8-9-12-23-21(25-15-20-27-26-17(3)28(20)7)24-14-18-11-10-16(2)13-19(18)29-22(4,5)6/h10-11,13H,8-9,12,14-15H2,1-7H3,(H2,23,24,25). The summed E-state index contributed by atoms with van der Waals surface area (Å²) in [6.45, 7) is 14.3. The van der Waals surface area contributed by atoms with Gasteiger partial charge >= 0.3 is 0 Å². The largest absolute Gasteiger partial charge is 0.488 e. The van der Waals surface area contributed by atoms with Crippen LogP contribution >= 0.6 is 0 Å². The average Bonchev–Trinajstić information content (AvgIpc) is 2.95. The maximum atomic E-state index is 6.16. The first-order chi connectivity index (χ1) is 13.7. The molecule has 7 heteroatoms. The number of aromatic nitrogens is 3. The number of nitrogens with zero attached hydrogens (tertiary/aromatic N) is 4. The minimum atomic E-state index is -0.254. The van der Waals surface area contributed by atoms with Crippen LogP contribution in [0.15, 0.2) is 23.2 Å². The second-order valence-electron chi connectivity index (χ2n) is 8.35. The number of ether oxygens (including phenoxy) is 1. The summed E-state index contributed by atoms with van der Waals surface area (Å²) in [5, 5.41) is 15.1. The molecule has 0 saturated heterocycles. The average molecular weight is 401 g/mol. The Labute approximate surface area is 175 Å². The highest BCUT2D eigenvalue weighted by molar-refractivity contribution is 5.79. The van der Waals surface area contributed by atoms with Gasteiger partial charge in [0.15, 0.2) is 11.8 Å². The lowest BCUT2D eigenvalue weighted by atomic mass is 10.1. The molecule has 0 atom stereocenters. The number of rotatable bonds is 8. The molecule has 2 aromatic rings. The van der Waals surface area contributed by atoms with Crippen LogP contribution in [-0.4, -0.2) is 32.9 Å². The zero-order chi connectivity index (χ0) is 21.4. The lowest BCUT2D eigenvalue weighted by Crippen LogP contribution is -2.38. The third kappa shape index (κ3) is 7.40. The lowest BCUT2D eigenvalue weighted by molar-refractivity contribution is 0.129. The summed E-state index contributed by atoms with van der Waals surface area (Å²) >= 11 is 0. The van der Waals surface area contributed by atoms with Gasteiger partial charge in [0.25, 0.3) is 0 Å². The Hall–Kier alpha value is -2.57. The predicted octanol–water partition coefficient (Wildman–Crippen LogP) is 3.64.